The van der Waals surface area contributed by atoms with E-state index in [4.69, 9.17) is 14.9 Å². The minimum absolute atomic E-state index is 0.426. The van der Waals surface area contributed by atoms with Crippen molar-refractivity contribution in [3.63, 3.8) is 0 Å². The van der Waals surface area contributed by atoms with Crippen molar-refractivity contribution < 1.29 is 29.6 Å². The summed E-state index contributed by atoms with van der Waals surface area (Å²) in [5, 5.41) is 26.9. The Kier molecular flexibility index (Phi) is 2.86. The molecule has 0 aliphatic carbocycles. The largest absolute Gasteiger partial charge is 0.475 e. The standard InChI is InChI=1S/C7H10O6/c1-12-7-5(9)3(8)2-4(13-7)6(10)11/h2-3,5,7-9H,1H3,(H,10,11)/t3-,5+,7+/m0/s1. The molecule has 6 heteroatoms. The lowest BCUT2D eigenvalue weighted by Crippen LogP contribution is -2.43. The van der Waals surface area contributed by atoms with Crippen molar-refractivity contribution in [2.75, 3.05) is 7.11 Å². The first-order valence-corrected chi connectivity index (χ1v) is 3.57. The Bertz CT molecular complexity index is 235. The van der Waals surface area contributed by atoms with Crippen LogP contribution in [0.25, 0.3) is 0 Å². The Balaban J connectivity index is 2.81. The Hall–Kier alpha value is -1.11. The van der Waals surface area contributed by atoms with Gasteiger partial charge in [0.15, 0.2) is 0 Å². The summed E-state index contributed by atoms with van der Waals surface area (Å²) in [4.78, 5) is 10.4. The minimum Gasteiger partial charge on any atom is -0.475 e. The number of methoxy groups -OCH3 is 1. The third-order valence-corrected chi connectivity index (χ3v) is 1.64. The molecule has 0 fully saturated rings. The van der Waals surface area contributed by atoms with E-state index in [1.54, 1.807) is 0 Å². The topological polar surface area (TPSA) is 96.2 Å². The number of hydrogen-bond acceptors (Lipinski definition) is 5. The molecule has 13 heavy (non-hydrogen) atoms. The molecule has 0 radical (unpaired) electrons. The van der Waals surface area contributed by atoms with Gasteiger partial charge in [-0.25, -0.2) is 4.79 Å². The second-order valence-electron chi connectivity index (χ2n) is 2.54. The highest BCUT2D eigenvalue weighted by Crippen LogP contribution is 2.18. The second kappa shape index (κ2) is 3.73. The highest BCUT2D eigenvalue weighted by molar-refractivity contribution is 5.84. The number of aliphatic carboxylic acids is 1. The predicted octanol–water partition coefficient (Wildman–Crippen LogP) is -1.32. The van der Waals surface area contributed by atoms with Crippen LogP contribution >= 0.6 is 0 Å². The van der Waals surface area contributed by atoms with Crippen LogP contribution < -0.4 is 0 Å². The maximum absolute atomic E-state index is 10.4. The van der Waals surface area contributed by atoms with Gasteiger partial charge in [-0.15, -0.1) is 0 Å². The van der Waals surface area contributed by atoms with Crippen LogP contribution in [0, 0.1) is 0 Å². The van der Waals surface area contributed by atoms with Crippen molar-refractivity contribution in [3.05, 3.63) is 11.8 Å². The van der Waals surface area contributed by atoms with Crippen LogP contribution in [0.5, 0.6) is 0 Å². The molecule has 0 amide bonds. The van der Waals surface area contributed by atoms with Crippen LogP contribution in [-0.2, 0) is 14.3 Å². The van der Waals surface area contributed by atoms with Crippen molar-refractivity contribution in [2.24, 2.45) is 0 Å². The molecule has 0 spiro atoms. The maximum Gasteiger partial charge on any atom is 0.371 e. The van der Waals surface area contributed by atoms with E-state index in [0.717, 1.165) is 6.08 Å². The highest BCUT2D eigenvalue weighted by Gasteiger charge is 2.34. The molecule has 1 aliphatic heterocycles. The molecule has 3 N–H and O–H groups in total. The van der Waals surface area contributed by atoms with E-state index in [0.29, 0.717) is 0 Å². The van der Waals surface area contributed by atoms with E-state index in [1.165, 1.54) is 7.11 Å². The SMILES string of the molecule is CO[C@@H]1OC(C(=O)O)=C[C@H](O)[C@H]1O. The average molecular weight is 190 g/mol. The number of ether oxygens (including phenoxy) is 2. The van der Waals surface area contributed by atoms with Crippen LogP contribution in [0.3, 0.4) is 0 Å². The van der Waals surface area contributed by atoms with Gasteiger partial charge in [0.2, 0.25) is 12.0 Å². The lowest BCUT2D eigenvalue weighted by molar-refractivity contribution is -0.195. The molecular weight excluding hydrogens is 180 g/mol. The van der Waals surface area contributed by atoms with Gasteiger partial charge in [-0.2, -0.15) is 0 Å². The molecule has 0 saturated carbocycles. The van der Waals surface area contributed by atoms with Crippen molar-refractivity contribution >= 4 is 5.97 Å². The first-order valence-electron chi connectivity index (χ1n) is 3.57. The van der Waals surface area contributed by atoms with Gasteiger partial charge < -0.3 is 24.8 Å². The van der Waals surface area contributed by atoms with Crippen LogP contribution in [0.1, 0.15) is 0 Å². The van der Waals surface area contributed by atoms with E-state index in [2.05, 4.69) is 4.74 Å². The zero-order valence-electron chi connectivity index (χ0n) is 6.88. The summed E-state index contributed by atoms with van der Waals surface area (Å²) in [5.74, 6) is -1.74. The van der Waals surface area contributed by atoms with E-state index in [-0.39, 0.29) is 0 Å². The molecule has 0 aromatic rings. The van der Waals surface area contributed by atoms with E-state index >= 15 is 0 Å². The van der Waals surface area contributed by atoms with Crippen molar-refractivity contribution in [1.82, 2.24) is 0 Å². The van der Waals surface area contributed by atoms with Crippen LogP contribution in [-0.4, -0.2) is 46.9 Å². The molecule has 6 nitrogen and oxygen atoms in total. The van der Waals surface area contributed by atoms with Crippen LogP contribution in [0.2, 0.25) is 0 Å². The van der Waals surface area contributed by atoms with Gasteiger partial charge in [-0.1, -0.05) is 0 Å². The van der Waals surface area contributed by atoms with Gasteiger partial charge in [-0.05, 0) is 6.08 Å². The molecule has 1 rings (SSSR count). The van der Waals surface area contributed by atoms with Gasteiger partial charge in [-0.3, -0.25) is 0 Å². The number of rotatable bonds is 2. The van der Waals surface area contributed by atoms with E-state index in [1.807, 2.05) is 0 Å². The molecule has 1 heterocycles. The van der Waals surface area contributed by atoms with Gasteiger partial charge in [0.1, 0.15) is 12.2 Å². The minimum atomic E-state index is -1.31. The van der Waals surface area contributed by atoms with E-state index < -0.39 is 30.2 Å². The van der Waals surface area contributed by atoms with Crippen molar-refractivity contribution in [2.45, 2.75) is 18.5 Å². The van der Waals surface area contributed by atoms with Crippen molar-refractivity contribution in [3.8, 4) is 0 Å². The number of aliphatic hydroxyl groups is 2. The van der Waals surface area contributed by atoms with Gasteiger partial charge in [0.25, 0.3) is 0 Å². The quantitative estimate of drug-likeness (QED) is 0.499. The van der Waals surface area contributed by atoms with Gasteiger partial charge in [0.05, 0.1) is 0 Å². The summed E-state index contributed by atoms with van der Waals surface area (Å²) in [6.07, 6.45) is -2.79. The fourth-order valence-electron chi connectivity index (χ4n) is 0.958. The Morgan fingerprint density at radius 2 is 2.23 bits per heavy atom. The lowest BCUT2D eigenvalue weighted by Gasteiger charge is -2.29. The summed E-state index contributed by atoms with van der Waals surface area (Å²) in [6, 6.07) is 0. The second-order valence-corrected chi connectivity index (χ2v) is 2.54. The lowest BCUT2D eigenvalue weighted by atomic mass is 10.1. The summed E-state index contributed by atoms with van der Waals surface area (Å²) >= 11 is 0. The number of hydrogen-bond donors (Lipinski definition) is 3. The predicted molar refractivity (Wildman–Crippen MR) is 39.6 cm³/mol. The fourth-order valence-corrected chi connectivity index (χ4v) is 0.958. The van der Waals surface area contributed by atoms with E-state index in [9.17, 15) is 9.90 Å². The molecule has 1 aliphatic rings. The summed E-state index contributed by atoms with van der Waals surface area (Å²) < 4.78 is 9.33. The Morgan fingerprint density at radius 1 is 1.62 bits per heavy atom. The average Bonchev–Trinajstić information content (AvgIpc) is 2.09. The normalized spacial score (nSPS) is 33.5. The maximum atomic E-state index is 10.4. The molecular formula is C7H10O6. The Labute approximate surface area is 74.0 Å². The smallest absolute Gasteiger partial charge is 0.371 e. The molecule has 0 unspecified atom stereocenters. The van der Waals surface area contributed by atoms with Crippen molar-refractivity contribution in [1.29, 1.82) is 0 Å². The molecule has 3 atom stereocenters. The van der Waals surface area contributed by atoms with Gasteiger partial charge in [0, 0.05) is 7.11 Å². The Morgan fingerprint density at radius 3 is 2.69 bits per heavy atom. The number of aliphatic hydroxyl groups excluding tert-OH is 2. The van der Waals surface area contributed by atoms with Gasteiger partial charge >= 0.3 is 5.97 Å². The first kappa shape index (κ1) is 9.97. The third kappa shape index (κ3) is 1.97. The highest BCUT2D eigenvalue weighted by atomic mass is 16.7. The fraction of sp³-hybridized carbons (Fsp3) is 0.571. The molecule has 0 bridgehead atoms. The molecule has 0 aromatic heterocycles. The third-order valence-electron chi connectivity index (χ3n) is 1.64. The summed E-state index contributed by atoms with van der Waals surface area (Å²) in [5.41, 5.74) is 0. The van der Waals surface area contributed by atoms with Crippen LogP contribution in [0.15, 0.2) is 11.8 Å². The molecule has 0 saturated heterocycles. The summed E-state index contributed by atoms with van der Waals surface area (Å²) in [7, 11) is 1.24. The van der Waals surface area contributed by atoms with Crippen LogP contribution in [0.4, 0.5) is 0 Å². The number of carbonyl (C=O) groups is 1. The first-order chi connectivity index (χ1) is 6.06. The zero-order chi connectivity index (χ0) is 10.0. The number of carboxylic acid groups (broad SMARTS) is 1. The number of carboxylic acids is 1. The molecule has 0 aromatic carbocycles. The molecule has 74 valence electrons. The summed E-state index contributed by atoms with van der Waals surface area (Å²) in [6.45, 7) is 0. The zero-order valence-corrected chi connectivity index (χ0v) is 6.88. The monoisotopic (exact) mass is 190 g/mol.